The Morgan fingerprint density at radius 2 is 2.12 bits per heavy atom. The minimum absolute atomic E-state index is 0.443. The molecule has 0 aliphatic rings. The summed E-state index contributed by atoms with van der Waals surface area (Å²) in [4.78, 5) is 0. The monoisotopic (exact) mass is 255 g/mol. The van der Waals surface area contributed by atoms with E-state index >= 15 is 0 Å². The molecule has 0 heterocycles. The molecule has 0 unspecified atom stereocenters. The average molecular weight is 255 g/mol. The predicted molar refractivity (Wildman–Crippen MR) is 70.3 cm³/mol. The lowest BCUT2D eigenvalue weighted by molar-refractivity contribution is 0.185. The third kappa shape index (κ3) is 4.58. The van der Waals surface area contributed by atoms with E-state index in [1.807, 2.05) is 25.1 Å². The summed E-state index contributed by atoms with van der Waals surface area (Å²) in [5.41, 5.74) is 2.51. The normalized spacial score (nSPS) is 11.9. The molecule has 1 aromatic carbocycles. The summed E-state index contributed by atoms with van der Waals surface area (Å²) in [6.07, 6.45) is 5.01. The number of rotatable bonds is 5. The van der Waals surface area contributed by atoms with Crippen LogP contribution in [-0.4, -0.2) is 21.8 Å². The lowest BCUT2D eigenvalue weighted by Gasteiger charge is -2.09. The van der Waals surface area contributed by atoms with Crippen LogP contribution in [0.25, 0.3) is 6.08 Å². The van der Waals surface area contributed by atoms with Crippen molar-refractivity contribution in [2.45, 2.75) is 13.5 Å². The lowest BCUT2D eigenvalue weighted by atomic mass is 10.1. The second kappa shape index (κ2) is 5.84. The highest BCUT2D eigenvalue weighted by Gasteiger charge is 2.05. The molecule has 0 aliphatic heterocycles. The molecule has 0 atom stereocenters. The number of ether oxygens (including phenoxy) is 1. The number of nitrogens with one attached hydrogen (secondary N) is 1. The van der Waals surface area contributed by atoms with Crippen molar-refractivity contribution in [3.8, 4) is 0 Å². The largest absolute Gasteiger partial charge is 0.380 e. The molecule has 17 heavy (non-hydrogen) atoms. The Morgan fingerprint density at radius 1 is 1.41 bits per heavy atom. The molecule has 0 fully saturated rings. The standard InChI is InChI=1S/C12H17NO3S/c1-4-5-10-6-7-12(13-17(3,14)15)8-11(10)9-16-2/h4-8,13H,9H2,1-3H3. The van der Waals surface area contributed by atoms with Crippen LogP contribution in [0.3, 0.4) is 0 Å². The van der Waals surface area contributed by atoms with Gasteiger partial charge in [-0.3, -0.25) is 4.72 Å². The minimum atomic E-state index is -3.24. The maximum atomic E-state index is 11.1. The van der Waals surface area contributed by atoms with E-state index in [4.69, 9.17) is 4.74 Å². The number of allylic oxidation sites excluding steroid dienone is 1. The number of benzene rings is 1. The van der Waals surface area contributed by atoms with Crippen LogP contribution in [-0.2, 0) is 21.4 Å². The van der Waals surface area contributed by atoms with Crippen molar-refractivity contribution >= 4 is 21.8 Å². The Morgan fingerprint density at radius 3 is 2.65 bits per heavy atom. The predicted octanol–water partition coefficient (Wildman–Crippen LogP) is 2.24. The molecule has 0 radical (unpaired) electrons. The van der Waals surface area contributed by atoms with Crippen LogP contribution in [0.5, 0.6) is 0 Å². The van der Waals surface area contributed by atoms with Crippen molar-refractivity contribution in [3.05, 3.63) is 35.4 Å². The Labute approximate surface area is 102 Å². The third-order valence-electron chi connectivity index (χ3n) is 2.09. The van der Waals surface area contributed by atoms with Crippen molar-refractivity contribution in [1.29, 1.82) is 0 Å². The highest BCUT2D eigenvalue weighted by Crippen LogP contribution is 2.19. The van der Waals surface area contributed by atoms with Crippen LogP contribution in [0.15, 0.2) is 24.3 Å². The highest BCUT2D eigenvalue weighted by atomic mass is 32.2. The third-order valence-corrected chi connectivity index (χ3v) is 2.70. The number of hydrogen-bond donors (Lipinski definition) is 1. The summed E-state index contributed by atoms with van der Waals surface area (Å²) in [5, 5.41) is 0. The fourth-order valence-corrected chi connectivity index (χ4v) is 2.06. The molecule has 0 spiro atoms. The van der Waals surface area contributed by atoms with E-state index in [2.05, 4.69) is 4.72 Å². The Kier molecular flexibility index (Phi) is 4.72. The summed E-state index contributed by atoms with van der Waals surface area (Å²) in [6, 6.07) is 5.37. The van der Waals surface area contributed by atoms with Gasteiger partial charge >= 0.3 is 0 Å². The van der Waals surface area contributed by atoms with E-state index in [9.17, 15) is 8.42 Å². The number of anilines is 1. The summed E-state index contributed by atoms with van der Waals surface area (Å²) in [7, 11) is -1.64. The Balaban J connectivity index is 3.09. The Bertz CT molecular complexity index is 506. The molecule has 1 aromatic rings. The second-order valence-corrected chi connectivity index (χ2v) is 5.47. The molecule has 1 N–H and O–H groups in total. The minimum Gasteiger partial charge on any atom is -0.380 e. The molecule has 5 heteroatoms. The van der Waals surface area contributed by atoms with Gasteiger partial charge in [0.1, 0.15) is 0 Å². The Hall–Kier alpha value is -1.33. The van der Waals surface area contributed by atoms with Gasteiger partial charge in [0.25, 0.3) is 0 Å². The molecule has 94 valence electrons. The van der Waals surface area contributed by atoms with Gasteiger partial charge in [-0.05, 0) is 30.2 Å². The zero-order chi connectivity index (χ0) is 12.9. The van der Waals surface area contributed by atoms with E-state index in [0.29, 0.717) is 12.3 Å². The fourth-order valence-electron chi connectivity index (χ4n) is 1.51. The molecule has 0 saturated carbocycles. The van der Waals surface area contributed by atoms with Crippen LogP contribution < -0.4 is 4.72 Å². The van der Waals surface area contributed by atoms with Gasteiger partial charge in [0.2, 0.25) is 10.0 Å². The van der Waals surface area contributed by atoms with Gasteiger partial charge < -0.3 is 4.74 Å². The zero-order valence-corrected chi connectivity index (χ0v) is 11.0. The van der Waals surface area contributed by atoms with Crippen LogP contribution in [0.2, 0.25) is 0 Å². The number of sulfonamides is 1. The summed E-state index contributed by atoms with van der Waals surface area (Å²) in [6.45, 7) is 2.37. The van der Waals surface area contributed by atoms with Crippen molar-refractivity contribution in [2.75, 3.05) is 18.1 Å². The molecule has 0 aliphatic carbocycles. The molecule has 0 saturated heterocycles. The average Bonchev–Trinajstić information content (AvgIpc) is 2.20. The highest BCUT2D eigenvalue weighted by molar-refractivity contribution is 7.92. The second-order valence-electron chi connectivity index (χ2n) is 3.72. The van der Waals surface area contributed by atoms with Crippen LogP contribution in [0.1, 0.15) is 18.1 Å². The van der Waals surface area contributed by atoms with Crippen molar-refractivity contribution < 1.29 is 13.2 Å². The molecule has 4 nitrogen and oxygen atoms in total. The van der Waals surface area contributed by atoms with Crippen LogP contribution in [0, 0.1) is 0 Å². The number of methoxy groups -OCH3 is 1. The van der Waals surface area contributed by atoms with Crippen molar-refractivity contribution in [3.63, 3.8) is 0 Å². The van der Waals surface area contributed by atoms with E-state index in [0.717, 1.165) is 17.4 Å². The van der Waals surface area contributed by atoms with Gasteiger partial charge in [0.05, 0.1) is 12.9 Å². The molecule has 0 amide bonds. The summed E-state index contributed by atoms with van der Waals surface area (Å²) in [5.74, 6) is 0. The van der Waals surface area contributed by atoms with Gasteiger partial charge in [-0.1, -0.05) is 18.2 Å². The maximum Gasteiger partial charge on any atom is 0.229 e. The van der Waals surface area contributed by atoms with Gasteiger partial charge in [0, 0.05) is 12.8 Å². The topological polar surface area (TPSA) is 55.4 Å². The van der Waals surface area contributed by atoms with Crippen LogP contribution >= 0.6 is 0 Å². The van der Waals surface area contributed by atoms with Gasteiger partial charge in [0.15, 0.2) is 0 Å². The lowest BCUT2D eigenvalue weighted by Crippen LogP contribution is -2.10. The SMILES string of the molecule is CC=Cc1ccc(NS(C)(=O)=O)cc1COC. The first-order valence-corrected chi connectivity index (χ1v) is 7.07. The van der Waals surface area contributed by atoms with Crippen molar-refractivity contribution in [2.24, 2.45) is 0 Å². The first kappa shape index (κ1) is 13.7. The van der Waals surface area contributed by atoms with Gasteiger partial charge in [-0.15, -0.1) is 0 Å². The fraction of sp³-hybridized carbons (Fsp3) is 0.333. The van der Waals surface area contributed by atoms with E-state index in [-0.39, 0.29) is 0 Å². The van der Waals surface area contributed by atoms with E-state index in [1.54, 1.807) is 19.2 Å². The quantitative estimate of drug-likeness (QED) is 0.878. The van der Waals surface area contributed by atoms with E-state index < -0.39 is 10.0 Å². The van der Waals surface area contributed by atoms with Gasteiger partial charge in [-0.2, -0.15) is 0 Å². The van der Waals surface area contributed by atoms with Crippen LogP contribution in [0.4, 0.5) is 5.69 Å². The first-order valence-electron chi connectivity index (χ1n) is 5.18. The zero-order valence-electron chi connectivity index (χ0n) is 10.2. The summed E-state index contributed by atoms with van der Waals surface area (Å²) >= 11 is 0. The molecule has 1 rings (SSSR count). The molecular weight excluding hydrogens is 238 g/mol. The van der Waals surface area contributed by atoms with Crippen molar-refractivity contribution in [1.82, 2.24) is 0 Å². The molecular formula is C12H17NO3S. The van der Waals surface area contributed by atoms with Gasteiger partial charge in [-0.25, -0.2) is 8.42 Å². The van der Waals surface area contributed by atoms with E-state index in [1.165, 1.54) is 0 Å². The molecule has 0 aromatic heterocycles. The molecule has 0 bridgehead atoms. The first-order chi connectivity index (χ1) is 7.96. The summed E-state index contributed by atoms with van der Waals surface area (Å²) < 4.78 is 29.8. The smallest absolute Gasteiger partial charge is 0.229 e. The number of hydrogen-bond acceptors (Lipinski definition) is 3. The maximum absolute atomic E-state index is 11.1.